The van der Waals surface area contributed by atoms with Gasteiger partial charge in [-0.25, -0.2) is 8.42 Å². The Morgan fingerprint density at radius 3 is 2.20 bits per heavy atom. The average Bonchev–Trinajstić information content (AvgIpc) is 2.92. The molecule has 0 aliphatic carbocycles. The SMILES string of the molecule is CC[C@H](C)NC(=O)[C@@H](C)N(Cc1ccc(Br)cc1)C(=O)CN(c1cccc(Cl)c1C)S(=O)(=O)c1ccc(C)cc1. The predicted molar refractivity (Wildman–Crippen MR) is 164 cm³/mol. The summed E-state index contributed by atoms with van der Waals surface area (Å²) in [5.41, 5.74) is 2.52. The van der Waals surface area contributed by atoms with E-state index < -0.39 is 28.5 Å². The van der Waals surface area contributed by atoms with Gasteiger partial charge in [-0.3, -0.25) is 13.9 Å². The summed E-state index contributed by atoms with van der Waals surface area (Å²) in [6, 6.07) is 17.9. The lowest BCUT2D eigenvalue weighted by atomic mass is 10.1. The highest BCUT2D eigenvalue weighted by molar-refractivity contribution is 9.10. The van der Waals surface area contributed by atoms with Crippen molar-refractivity contribution in [2.24, 2.45) is 0 Å². The lowest BCUT2D eigenvalue weighted by molar-refractivity contribution is -0.139. The summed E-state index contributed by atoms with van der Waals surface area (Å²) in [4.78, 5) is 28.6. The van der Waals surface area contributed by atoms with Gasteiger partial charge in [0.1, 0.15) is 12.6 Å². The van der Waals surface area contributed by atoms with Gasteiger partial charge in [-0.05, 0) is 81.6 Å². The number of halogens is 2. The predicted octanol–water partition coefficient (Wildman–Crippen LogP) is 6.25. The summed E-state index contributed by atoms with van der Waals surface area (Å²) in [6.45, 7) is 8.68. The van der Waals surface area contributed by atoms with Crippen LogP contribution in [0.4, 0.5) is 5.69 Å². The van der Waals surface area contributed by atoms with E-state index in [0.717, 1.165) is 26.3 Å². The van der Waals surface area contributed by atoms with Gasteiger partial charge < -0.3 is 10.2 Å². The molecule has 0 radical (unpaired) electrons. The molecule has 0 saturated carbocycles. The van der Waals surface area contributed by atoms with Crippen molar-refractivity contribution >= 4 is 55.1 Å². The molecule has 3 aromatic rings. The van der Waals surface area contributed by atoms with Crippen LogP contribution in [0.5, 0.6) is 0 Å². The van der Waals surface area contributed by atoms with Gasteiger partial charge in [0.05, 0.1) is 10.6 Å². The molecule has 0 heterocycles. The zero-order chi connectivity index (χ0) is 29.6. The molecule has 0 aliphatic heterocycles. The Labute approximate surface area is 250 Å². The minimum Gasteiger partial charge on any atom is -0.352 e. The van der Waals surface area contributed by atoms with Crippen LogP contribution in [0.25, 0.3) is 0 Å². The minimum absolute atomic E-state index is 0.0484. The number of hydrogen-bond donors (Lipinski definition) is 1. The molecule has 7 nitrogen and oxygen atoms in total. The minimum atomic E-state index is -4.17. The van der Waals surface area contributed by atoms with E-state index in [9.17, 15) is 18.0 Å². The molecule has 0 fully saturated rings. The molecule has 1 N–H and O–H groups in total. The Morgan fingerprint density at radius 1 is 0.975 bits per heavy atom. The highest BCUT2D eigenvalue weighted by atomic mass is 79.9. The number of nitrogens with zero attached hydrogens (tertiary/aromatic N) is 2. The van der Waals surface area contributed by atoms with Crippen molar-refractivity contribution in [3.05, 3.63) is 92.9 Å². The van der Waals surface area contributed by atoms with Gasteiger partial charge in [0.2, 0.25) is 11.8 Å². The molecule has 0 spiro atoms. The summed E-state index contributed by atoms with van der Waals surface area (Å²) < 4.78 is 29.9. The van der Waals surface area contributed by atoms with E-state index in [-0.39, 0.29) is 23.4 Å². The van der Waals surface area contributed by atoms with Gasteiger partial charge in [-0.2, -0.15) is 0 Å². The Hall–Kier alpha value is -2.88. The van der Waals surface area contributed by atoms with E-state index >= 15 is 0 Å². The van der Waals surface area contributed by atoms with Crippen LogP contribution in [0.2, 0.25) is 5.02 Å². The lowest BCUT2D eigenvalue weighted by Crippen LogP contribution is -2.52. The van der Waals surface area contributed by atoms with E-state index in [4.69, 9.17) is 11.6 Å². The van der Waals surface area contributed by atoms with Crippen molar-refractivity contribution in [2.45, 2.75) is 64.6 Å². The average molecular weight is 649 g/mol. The third-order valence-electron chi connectivity index (χ3n) is 6.83. The van der Waals surface area contributed by atoms with Crippen LogP contribution >= 0.6 is 27.5 Å². The van der Waals surface area contributed by atoms with Gasteiger partial charge in [0, 0.05) is 22.1 Å². The molecule has 40 heavy (non-hydrogen) atoms. The van der Waals surface area contributed by atoms with E-state index in [1.807, 2.05) is 45.0 Å². The molecule has 2 atom stereocenters. The number of hydrogen-bond acceptors (Lipinski definition) is 4. The van der Waals surface area contributed by atoms with Crippen LogP contribution in [0.1, 0.15) is 43.9 Å². The number of nitrogens with one attached hydrogen (secondary N) is 1. The summed E-state index contributed by atoms with van der Waals surface area (Å²) in [6.07, 6.45) is 0.732. The Balaban J connectivity index is 2.06. The quantitative estimate of drug-likeness (QED) is 0.267. The molecule has 3 rings (SSSR count). The fourth-order valence-corrected chi connectivity index (χ4v) is 5.96. The monoisotopic (exact) mass is 647 g/mol. The maximum Gasteiger partial charge on any atom is 0.264 e. The van der Waals surface area contributed by atoms with Crippen LogP contribution in [0.15, 0.2) is 76.1 Å². The first-order valence-corrected chi connectivity index (χ1v) is 15.6. The van der Waals surface area contributed by atoms with E-state index in [1.54, 1.807) is 44.2 Å². The van der Waals surface area contributed by atoms with E-state index in [2.05, 4.69) is 21.2 Å². The molecule has 0 unspecified atom stereocenters. The van der Waals surface area contributed by atoms with Gasteiger partial charge >= 0.3 is 0 Å². The van der Waals surface area contributed by atoms with Crippen LogP contribution in [-0.2, 0) is 26.2 Å². The van der Waals surface area contributed by atoms with E-state index in [0.29, 0.717) is 16.3 Å². The highest BCUT2D eigenvalue weighted by Gasteiger charge is 2.33. The second-order valence-corrected chi connectivity index (χ2v) is 13.0. The molecule has 3 aromatic carbocycles. The van der Waals surface area contributed by atoms with Crippen molar-refractivity contribution in [2.75, 3.05) is 10.8 Å². The maximum atomic E-state index is 14.0. The number of benzene rings is 3. The summed E-state index contributed by atoms with van der Waals surface area (Å²) >= 11 is 9.79. The summed E-state index contributed by atoms with van der Waals surface area (Å²) in [5.74, 6) is -0.837. The third kappa shape index (κ3) is 7.65. The summed E-state index contributed by atoms with van der Waals surface area (Å²) in [7, 11) is -4.17. The number of anilines is 1. The summed E-state index contributed by atoms with van der Waals surface area (Å²) in [5, 5.41) is 3.31. The van der Waals surface area contributed by atoms with Crippen LogP contribution in [-0.4, -0.2) is 43.8 Å². The molecule has 2 amide bonds. The van der Waals surface area contributed by atoms with Crippen LogP contribution in [0, 0.1) is 13.8 Å². The third-order valence-corrected chi connectivity index (χ3v) is 9.54. The van der Waals surface area contributed by atoms with Crippen molar-refractivity contribution in [3.63, 3.8) is 0 Å². The van der Waals surface area contributed by atoms with Crippen molar-refractivity contribution in [1.29, 1.82) is 0 Å². The number of carbonyl (C=O) groups is 2. The first-order chi connectivity index (χ1) is 18.8. The molecule has 0 aromatic heterocycles. The molecule has 10 heteroatoms. The van der Waals surface area contributed by atoms with Crippen molar-refractivity contribution in [3.8, 4) is 0 Å². The smallest absolute Gasteiger partial charge is 0.264 e. The molecule has 214 valence electrons. The number of rotatable bonds is 11. The van der Waals surface area contributed by atoms with Crippen molar-refractivity contribution in [1.82, 2.24) is 10.2 Å². The lowest BCUT2D eigenvalue weighted by Gasteiger charge is -2.33. The second kappa shape index (κ2) is 13.7. The molecule has 0 aliphatic rings. The number of sulfonamides is 1. The number of carbonyl (C=O) groups excluding carboxylic acids is 2. The number of aryl methyl sites for hydroxylation is 1. The Bertz CT molecular complexity index is 1450. The fourth-order valence-electron chi connectivity index (χ4n) is 4.05. The normalized spacial score (nSPS) is 12.9. The van der Waals surface area contributed by atoms with Gasteiger partial charge in [-0.15, -0.1) is 0 Å². The van der Waals surface area contributed by atoms with Crippen LogP contribution in [0.3, 0.4) is 0 Å². The standard InChI is InChI=1S/C30H35BrClN3O4S/c1-6-21(3)33-30(37)23(5)34(18-24-12-14-25(31)15-13-24)29(36)19-35(28-9-7-8-27(32)22(28)4)40(38,39)26-16-10-20(2)11-17-26/h7-17,21,23H,6,18-19H2,1-5H3,(H,33,37)/t21-,23+/m0/s1. The van der Waals surface area contributed by atoms with Gasteiger partial charge in [0.25, 0.3) is 10.0 Å². The molecular weight excluding hydrogens is 614 g/mol. The maximum absolute atomic E-state index is 14.0. The molecule has 0 saturated heterocycles. The zero-order valence-corrected chi connectivity index (χ0v) is 26.5. The molecule has 0 bridgehead atoms. The van der Waals surface area contributed by atoms with Gasteiger partial charge in [-0.1, -0.05) is 70.3 Å². The number of amides is 2. The first kappa shape index (κ1) is 31.6. The van der Waals surface area contributed by atoms with Gasteiger partial charge in [0.15, 0.2) is 0 Å². The molecular formula is C30H35BrClN3O4S. The zero-order valence-electron chi connectivity index (χ0n) is 23.3. The Kier molecular flexibility index (Phi) is 10.8. The largest absolute Gasteiger partial charge is 0.352 e. The van der Waals surface area contributed by atoms with Crippen molar-refractivity contribution < 1.29 is 18.0 Å². The Morgan fingerprint density at radius 2 is 1.60 bits per heavy atom. The highest BCUT2D eigenvalue weighted by Crippen LogP contribution is 2.31. The fraction of sp³-hybridized carbons (Fsp3) is 0.333. The second-order valence-electron chi connectivity index (χ2n) is 9.85. The van der Waals surface area contributed by atoms with Crippen LogP contribution < -0.4 is 9.62 Å². The topological polar surface area (TPSA) is 86.8 Å². The first-order valence-electron chi connectivity index (χ1n) is 13.0. The van der Waals surface area contributed by atoms with E-state index in [1.165, 1.54) is 17.0 Å².